The lowest BCUT2D eigenvalue weighted by molar-refractivity contribution is -0.143. The van der Waals surface area contributed by atoms with Crippen molar-refractivity contribution >= 4 is 34.7 Å². The Hall–Kier alpha value is -2.81. The van der Waals surface area contributed by atoms with Crippen LogP contribution >= 0.6 is 11.3 Å². The minimum Gasteiger partial charge on any atom is -0.333 e. The summed E-state index contributed by atoms with van der Waals surface area (Å²) in [6.45, 7) is 3.13. The minimum absolute atomic E-state index is 0.0186. The summed E-state index contributed by atoms with van der Waals surface area (Å²) in [7, 11) is 0. The van der Waals surface area contributed by atoms with Crippen molar-refractivity contribution < 1.29 is 14.4 Å². The molecule has 158 valence electrons. The van der Waals surface area contributed by atoms with E-state index >= 15 is 0 Å². The van der Waals surface area contributed by atoms with E-state index in [4.69, 9.17) is 0 Å². The molecule has 0 spiro atoms. The molecule has 4 rings (SSSR count). The third-order valence-electron chi connectivity index (χ3n) is 5.53. The summed E-state index contributed by atoms with van der Waals surface area (Å²) < 4.78 is 0. The SMILES string of the molecule is Cc1nnc(-c2cccc(NC(=O)[C@H]3CCCCN3C(=O)CN3CCCC3=O)c2)s1. The molecule has 0 bridgehead atoms. The second-order valence-electron chi connectivity index (χ2n) is 7.71. The number of likely N-dealkylation sites (tertiary alicyclic amines) is 2. The van der Waals surface area contributed by atoms with Gasteiger partial charge in [0.1, 0.15) is 16.1 Å². The molecule has 8 nitrogen and oxygen atoms in total. The standard InChI is InChI=1S/C21H25N5O3S/c1-14-23-24-21(30-14)15-6-4-7-16(12-15)22-20(29)17-8-2-3-11-26(17)19(28)13-25-10-5-9-18(25)27/h4,6-7,12,17H,2-3,5,8-11,13H2,1H3,(H,22,29)/t17-/m1/s1. The van der Waals surface area contributed by atoms with Crippen molar-refractivity contribution in [3.8, 4) is 10.6 Å². The number of aryl methyl sites for hydroxylation is 1. The molecule has 0 unspecified atom stereocenters. The lowest BCUT2D eigenvalue weighted by atomic mass is 10.0. The first-order valence-corrected chi connectivity index (χ1v) is 11.1. The molecule has 1 aromatic carbocycles. The highest BCUT2D eigenvalue weighted by atomic mass is 32.1. The summed E-state index contributed by atoms with van der Waals surface area (Å²) in [6.07, 6.45) is 3.69. The van der Waals surface area contributed by atoms with Gasteiger partial charge in [-0.05, 0) is 44.7 Å². The van der Waals surface area contributed by atoms with Crippen LogP contribution in [0.5, 0.6) is 0 Å². The van der Waals surface area contributed by atoms with Gasteiger partial charge in [-0.25, -0.2) is 0 Å². The molecule has 2 aliphatic rings. The average Bonchev–Trinajstić information content (AvgIpc) is 3.36. The predicted octanol–water partition coefficient (Wildman–Crippen LogP) is 2.46. The van der Waals surface area contributed by atoms with Crippen LogP contribution in [-0.4, -0.2) is 63.4 Å². The maximum atomic E-state index is 13.0. The van der Waals surface area contributed by atoms with E-state index in [1.54, 1.807) is 9.80 Å². The van der Waals surface area contributed by atoms with Crippen LogP contribution in [0, 0.1) is 6.92 Å². The van der Waals surface area contributed by atoms with Gasteiger partial charge in [0.15, 0.2) is 0 Å². The van der Waals surface area contributed by atoms with Gasteiger partial charge in [0, 0.05) is 30.8 Å². The molecule has 0 aliphatic carbocycles. The zero-order chi connectivity index (χ0) is 21.1. The van der Waals surface area contributed by atoms with E-state index in [9.17, 15) is 14.4 Å². The van der Waals surface area contributed by atoms with Crippen molar-refractivity contribution in [3.05, 3.63) is 29.3 Å². The van der Waals surface area contributed by atoms with Crippen LogP contribution in [0.1, 0.15) is 37.1 Å². The van der Waals surface area contributed by atoms with Crippen molar-refractivity contribution in [2.24, 2.45) is 0 Å². The number of rotatable bonds is 5. The maximum absolute atomic E-state index is 13.0. The first kappa shape index (κ1) is 20.5. The molecule has 2 saturated heterocycles. The van der Waals surface area contributed by atoms with Gasteiger partial charge in [-0.2, -0.15) is 0 Å². The molecular weight excluding hydrogens is 402 g/mol. The van der Waals surface area contributed by atoms with Crippen LogP contribution in [0.2, 0.25) is 0 Å². The number of nitrogens with one attached hydrogen (secondary N) is 1. The predicted molar refractivity (Wildman–Crippen MR) is 114 cm³/mol. The van der Waals surface area contributed by atoms with Crippen LogP contribution in [0.15, 0.2) is 24.3 Å². The van der Waals surface area contributed by atoms with Crippen molar-refractivity contribution in [1.82, 2.24) is 20.0 Å². The minimum atomic E-state index is -0.517. The molecule has 1 N–H and O–H groups in total. The monoisotopic (exact) mass is 427 g/mol. The maximum Gasteiger partial charge on any atom is 0.247 e. The molecular formula is C21H25N5O3S. The van der Waals surface area contributed by atoms with Crippen LogP contribution < -0.4 is 5.32 Å². The number of aromatic nitrogens is 2. The molecule has 0 radical (unpaired) electrons. The Morgan fingerprint density at radius 1 is 1.20 bits per heavy atom. The van der Waals surface area contributed by atoms with Gasteiger partial charge in [-0.1, -0.05) is 23.5 Å². The summed E-state index contributed by atoms with van der Waals surface area (Å²) >= 11 is 1.50. The van der Waals surface area contributed by atoms with E-state index in [-0.39, 0.29) is 24.3 Å². The molecule has 30 heavy (non-hydrogen) atoms. The molecule has 2 aromatic rings. The smallest absolute Gasteiger partial charge is 0.247 e. The fourth-order valence-electron chi connectivity index (χ4n) is 4.00. The molecule has 2 fully saturated rings. The third-order valence-corrected chi connectivity index (χ3v) is 6.41. The number of anilines is 1. The van der Waals surface area contributed by atoms with Gasteiger partial charge in [-0.3, -0.25) is 14.4 Å². The Labute approximate surface area is 179 Å². The van der Waals surface area contributed by atoms with Crippen molar-refractivity contribution in [2.45, 2.75) is 45.1 Å². The van der Waals surface area contributed by atoms with Gasteiger partial charge in [0.05, 0.1) is 6.54 Å². The van der Waals surface area contributed by atoms with Gasteiger partial charge in [-0.15, -0.1) is 10.2 Å². The van der Waals surface area contributed by atoms with Crippen LogP contribution in [-0.2, 0) is 14.4 Å². The van der Waals surface area contributed by atoms with E-state index in [0.29, 0.717) is 31.6 Å². The fraction of sp³-hybridized carbons (Fsp3) is 0.476. The lowest BCUT2D eigenvalue weighted by Gasteiger charge is -2.35. The summed E-state index contributed by atoms with van der Waals surface area (Å²) in [6, 6.07) is 6.98. The van der Waals surface area contributed by atoms with Gasteiger partial charge >= 0.3 is 0 Å². The van der Waals surface area contributed by atoms with E-state index in [1.807, 2.05) is 31.2 Å². The van der Waals surface area contributed by atoms with Crippen LogP contribution in [0.25, 0.3) is 10.6 Å². The number of piperidine rings is 1. The quantitative estimate of drug-likeness (QED) is 0.791. The average molecular weight is 428 g/mol. The first-order valence-electron chi connectivity index (χ1n) is 10.3. The number of benzene rings is 1. The number of carbonyl (C=O) groups is 3. The molecule has 1 aromatic heterocycles. The van der Waals surface area contributed by atoms with E-state index in [0.717, 1.165) is 34.8 Å². The summed E-state index contributed by atoms with van der Waals surface area (Å²) in [5, 5.41) is 12.8. The summed E-state index contributed by atoms with van der Waals surface area (Å²) in [5.41, 5.74) is 1.56. The highest BCUT2D eigenvalue weighted by Gasteiger charge is 2.34. The van der Waals surface area contributed by atoms with E-state index < -0.39 is 6.04 Å². The second kappa shape index (κ2) is 8.91. The summed E-state index contributed by atoms with van der Waals surface area (Å²) in [5.74, 6) is -0.324. The zero-order valence-corrected chi connectivity index (χ0v) is 17.8. The van der Waals surface area contributed by atoms with Crippen LogP contribution in [0.4, 0.5) is 5.69 Å². The largest absolute Gasteiger partial charge is 0.333 e. The molecule has 3 amide bonds. The normalized spacial score (nSPS) is 19.2. The van der Waals surface area contributed by atoms with E-state index in [1.165, 1.54) is 11.3 Å². The first-order chi connectivity index (χ1) is 14.5. The van der Waals surface area contributed by atoms with E-state index in [2.05, 4.69) is 15.5 Å². The Kier molecular flexibility index (Phi) is 6.08. The summed E-state index contributed by atoms with van der Waals surface area (Å²) in [4.78, 5) is 41.0. The molecule has 2 aliphatic heterocycles. The molecule has 9 heteroatoms. The lowest BCUT2D eigenvalue weighted by Crippen LogP contribution is -2.52. The topological polar surface area (TPSA) is 95.5 Å². The Bertz CT molecular complexity index is 960. The highest BCUT2D eigenvalue weighted by molar-refractivity contribution is 7.14. The highest BCUT2D eigenvalue weighted by Crippen LogP contribution is 2.26. The number of hydrogen-bond donors (Lipinski definition) is 1. The number of nitrogens with zero attached hydrogens (tertiary/aromatic N) is 4. The third kappa shape index (κ3) is 4.51. The molecule has 3 heterocycles. The van der Waals surface area contributed by atoms with Crippen molar-refractivity contribution in [2.75, 3.05) is 25.0 Å². The fourth-order valence-corrected chi connectivity index (χ4v) is 4.68. The van der Waals surface area contributed by atoms with Gasteiger partial charge in [0.25, 0.3) is 0 Å². The Balaban J connectivity index is 1.44. The molecule has 0 saturated carbocycles. The van der Waals surface area contributed by atoms with Crippen molar-refractivity contribution in [1.29, 1.82) is 0 Å². The van der Waals surface area contributed by atoms with Crippen molar-refractivity contribution in [3.63, 3.8) is 0 Å². The molecule has 1 atom stereocenters. The number of hydrogen-bond acceptors (Lipinski definition) is 6. The van der Waals surface area contributed by atoms with Gasteiger partial charge < -0.3 is 15.1 Å². The zero-order valence-electron chi connectivity index (χ0n) is 17.0. The number of amides is 3. The van der Waals surface area contributed by atoms with Gasteiger partial charge in [0.2, 0.25) is 17.7 Å². The number of carbonyl (C=O) groups excluding carboxylic acids is 3. The Morgan fingerprint density at radius 3 is 2.80 bits per heavy atom. The van der Waals surface area contributed by atoms with Crippen LogP contribution in [0.3, 0.4) is 0 Å². The second-order valence-corrected chi connectivity index (χ2v) is 8.90. The Morgan fingerprint density at radius 2 is 2.07 bits per heavy atom.